The highest BCUT2D eigenvalue weighted by atomic mass is 35.6. The third kappa shape index (κ3) is 4.41. The minimum atomic E-state index is -1.85. The van der Waals surface area contributed by atoms with Crippen molar-refractivity contribution in [2.75, 3.05) is 0 Å². The molecule has 0 N–H and O–H groups in total. The van der Waals surface area contributed by atoms with Crippen molar-refractivity contribution in [2.45, 2.75) is 13.6 Å². The standard InChI is InChI=1S/C20H10Cl3N3S2/c21-20(22,23)19-18(28-12-25)15(13-7-3-1-4-8-13)17(27-11-24)16(26-19)14-9-5-2-6-10-14/h1-10H. The molecule has 0 amide bonds. The van der Waals surface area contributed by atoms with E-state index >= 15 is 0 Å². The first-order chi connectivity index (χ1) is 13.5. The van der Waals surface area contributed by atoms with Crippen LogP contribution in [0.1, 0.15) is 5.69 Å². The molecule has 138 valence electrons. The van der Waals surface area contributed by atoms with Crippen LogP contribution in [-0.2, 0) is 3.79 Å². The van der Waals surface area contributed by atoms with Gasteiger partial charge in [-0.05, 0) is 29.1 Å². The molecule has 0 aliphatic rings. The Morgan fingerprint density at radius 3 is 1.75 bits per heavy atom. The quantitative estimate of drug-likeness (QED) is 0.230. The van der Waals surface area contributed by atoms with Crippen molar-refractivity contribution in [1.82, 2.24) is 4.98 Å². The van der Waals surface area contributed by atoms with Gasteiger partial charge in [0.15, 0.2) is 0 Å². The van der Waals surface area contributed by atoms with Crippen molar-refractivity contribution in [1.29, 1.82) is 10.5 Å². The molecule has 0 saturated heterocycles. The number of nitrogens with zero attached hydrogens (tertiary/aromatic N) is 3. The third-order valence-corrected chi connectivity index (χ3v) is 5.70. The number of aromatic nitrogens is 1. The lowest BCUT2D eigenvalue weighted by atomic mass is 10.0. The van der Waals surface area contributed by atoms with Gasteiger partial charge in [0.05, 0.1) is 15.5 Å². The Bertz CT molecular complexity index is 1070. The molecule has 0 saturated carbocycles. The van der Waals surface area contributed by atoms with E-state index in [1.54, 1.807) is 0 Å². The van der Waals surface area contributed by atoms with Gasteiger partial charge >= 0.3 is 0 Å². The lowest BCUT2D eigenvalue weighted by molar-refractivity contribution is 1.00. The topological polar surface area (TPSA) is 60.5 Å². The Morgan fingerprint density at radius 1 is 0.750 bits per heavy atom. The second-order valence-electron chi connectivity index (χ2n) is 5.46. The summed E-state index contributed by atoms with van der Waals surface area (Å²) in [4.78, 5) is 5.63. The molecule has 0 fully saturated rings. The maximum absolute atomic E-state index is 9.45. The number of nitriles is 2. The van der Waals surface area contributed by atoms with Crippen LogP contribution in [0.5, 0.6) is 0 Å². The minimum Gasteiger partial charge on any atom is -0.246 e. The number of hydrogen-bond acceptors (Lipinski definition) is 5. The summed E-state index contributed by atoms with van der Waals surface area (Å²) in [5.74, 6) is 0. The highest BCUT2D eigenvalue weighted by Gasteiger charge is 2.33. The molecule has 1 aromatic heterocycles. The van der Waals surface area contributed by atoms with E-state index in [-0.39, 0.29) is 5.69 Å². The minimum absolute atomic E-state index is 0.157. The lowest BCUT2D eigenvalue weighted by Crippen LogP contribution is -2.10. The number of hydrogen-bond donors (Lipinski definition) is 0. The number of alkyl halides is 3. The zero-order valence-electron chi connectivity index (χ0n) is 14.1. The lowest BCUT2D eigenvalue weighted by Gasteiger charge is -2.21. The monoisotopic (exact) mass is 461 g/mol. The van der Waals surface area contributed by atoms with Crippen LogP contribution in [0.25, 0.3) is 22.4 Å². The maximum Gasteiger partial charge on any atom is 0.233 e. The first kappa shape index (κ1) is 20.9. The molecule has 0 atom stereocenters. The van der Waals surface area contributed by atoms with Gasteiger partial charge in [0.2, 0.25) is 3.79 Å². The summed E-state index contributed by atoms with van der Waals surface area (Å²) in [6, 6.07) is 18.8. The van der Waals surface area contributed by atoms with Crippen LogP contribution in [0.2, 0.25) is 0 Å². The molecule has 3 nitrogen and oxygen atoms in total. The number of thiocyanates is 2. The Balaban J connectivity index is 2.49. The van der Waals surface area contributed by atoms with Crippen LogP contribution in [0.3, 0.4) is 0 Å². The number of rotatable bonds is 4. The van der Waals surface area contributed by atoms with Gasteiger partial charge in [-0.15, -0.1) is 0 Å². The van der Waals surface area contributed by atoms with Crippen LogP contribution < -0.4 is 0 Å². The normalized spacial score (nSPS) is 10.9. The summed E-state index contributed by atoms with van der Waals surface area (Å²) in [5, 5.41) is 23.0. The molecule has 8 heteroatoms. The molecule has 0 aliphatic heterocycles. The van der Waals surface area contributed by atoms with Crippen LogP contribution in [0.4, 0.5) is 0 Å². The molecule has 0 spiro atoms. The van der Waals surface area contributed by atoms with Crippen molar-refractivity contribution < 1.29 is 0 Å². The van der Waals surface area contributed by atoms with Crippen LogP contribution in [-0.4, -0.2) is 4.98 Å². The fourth-order valence-corrected chi connectivity index (χ4v) is 4.72. The molecular weight excluding hydrogens is 453 g/mol. The maximum atomic E-state index is 9.45. The molecular formula is C20H10Cl3N3S2. The van der Waals surface area contributed by atoms with Crippen molar-refractivity contribution in [3.63, 3.8) is 0 Å². The van der Waals surface area contributed by atoms with Crippen molar-refractivity contribution >= 4 is 58.3 Å². The number of thioether (sulfide) groups is 2. The molecule has 0 radical (unpaired) electrons. The summed E-state index contributed by atoms with van der Waals surface area (Å²) in [7, 11) is 0. The summed E-state index contributed by atoms with van der Waals surface area (Å²) in [6.07, 6.45) is 0. The van der Waals surface area contributed by atoms with E-state index < -0.39 is 3.79 Å². The zero-order chi connectivity index (χ0) is 20.1. The third-order valence-electron chi connectivity index (χ3n) is 3.78. The molecule has 3 aromatic rings. The van der Waals surface area contributed by atoms with Gasteiger partial charge in [0.1, 0.15) is 16.5 Å². The van der Waals surface area contributed by atoms with Gasteiger partial charge in [-0.3, -0.25) is 0 Å². The van der Waals surface area contributed by atoms with Gasteiger partial charge in [-0.2, -0.15) is 10.5 Å². The fraction of sp³-hybridized carbons (Fsp3) is 0.0500. The van der Waals surface area contributed by atoms with Gasteiger partial charge < -0.3 is 0 Å². The molecule has 0 aliphatic carbocycles. The van der Waals surface area contributed by atoms with Crippen molar-refractivity contribution in [2.24, 2.45) is 0 Å². The van der Waals surface area contributed by atoms with E-state index in [9.17, 15) is 10.5 Å². The molecule has 0 unspecified atom stereocenters. The number of benzene rings is 2. The number of pyridine rings is 1. The first-order valence-corrected chi connectivity index (χ1v) is 10.6. The first-order valence-electron chi connectivity index (χ1n) is 7.85. The Morgan fingerprint density at radius 2 is 1.25 bits per heavy atom. The summed E-state index contributed by atoms with van der Waals surface area (Å²) in [5.41, 5.74) is 2.90. The predicted octanol–water partition coefficient (Wildman–Crippen LogP) is 7.39. The largest absolute Gasteiger partial charge is 0.246 e. The second-order valence-corrected chi connectivity index (χ2v) is 9.33. The highest BCUT2D eigenvalue weighted by Crippen LogP contribution is 2.50. The van der Waals surface area contributed by atoms with E-state index in [1.165, 1.54) is 0 Å². The summed E-state index contributed by atoms with van der Waals surface area (Å²) < 4.78 is -1.85. The predicted molar refractivity (Wildman–Crippen MR) is 117 cm³/mol. The Hall–Kier alpha value is -1.86. The van der Waals surface area contributed by atoms with E-state index in [4.69, 9.17) is 34.8 Å². The van der Waals surface area contributed by atoms with E-state index in [1.807, 2.05) is 66.1 Å². The number of halogens is 3. The summed E-state index contributed by atoms with van der Waals surface area (Å²) in [6.45, 7) is 0. The second kappa shape index (κ2) is 9.09. The summed E-state index contributed by atoms with van der Waals surface area (Å²) >= 11 is 20.5. The van der Waals surface area contributed by atoms with Crippen LogP contribution >= 0.6 is 58.3 Å². The SMILES string of the molecule is N#CSc1c(-c2ccccc2)nc(C(Cl)(Cl)Cl)c(SC#N)c1-c1ccccc1. The van der Waals surface area contributed by atoms with E-state index in [2.05, 4.69) is 10.4 Å². The van der Waals surface area contributed by atoms with Gasteiger partial charge in [-0.25, -0.2) is 4.98 Å². The Labute approximate surface area is 186 Å². The van der Waals surface area contributed by atoms with Gasteiger partial charge in [-0.1, -0.05) is 95.5 Å². The van der Waals surface area contributed by atoms with Gasteiger partial charge in [0, 0.05) is 11.1 Å². The van der Waals surface area contributed by atoms with Crippen molar-refractivity contribution in [3.8, 4) is 33.2 Å². The van der Waals surface area contributed by atoms with Crippen LogP contribution in [0, 0.1) is 21.3 Å². The fourth-order valence-electron chi connectivity index (χ4n) is 2.69. The smallest absolute Gasteiger partial charge is 0.233 e. The molecule has 2 aromatic carbocycles. The molecule has 3 rings (SSSR count). The highest BCUT2D eigenvalue weighted by molar-refractivity contribution is 8.04. The molecule has 28 heavy (non-hydrogen) atoms. The average molecular weight is 463 g/mol. The van der Waals surface area contributed by atoms with Crippen LogP contribution in [0.15, 0.2) is 70.5 Å². The molecule has 1 heterocycles. The van der Waals surface area contributed by atoms with E-state index in [0.717, 1.165) is 34.7 Å². The van der Waals surface area contributed by atoms with Crippen molar-refractivity contribution in [3.05, 3.63) is 66.4 Å². The van der Waals surface area contributed by atoms with E-state index in [0.29, 0.717) is 21.0 Å². The Kier molecular flexibility index (Phi) is 6.78. The zero-order valence-corrected chi connectivity index (χ0v) is 18.0. The average Bonchev–Trinajstić information content (AvgIpc) is 2.69. The van der Waals surface area contributed by atoms with Gasteiger partial charge in [0.25, 0.3) is 0 Å². The molecule has 0 bridgehead atoms.